The number of carbonyl (C=O) groups is 1. The first-order valence-electron chi connectivity index (χ1n) is 5.82. The van der Waals surface area contributed by atoms with E-state index in [2.05, 4.69) is 15.0 Å². The molecule has 0 amide bonds. The number of ether oxygens (including phenoxy) is 2. The molecule has 0 atom stereocenters. The van der Waals surface area contributed by atoms with E-state index < -0.39 is 5.97 Å². The van der Waals surface area contributed by atoms with Gasteiger partial charge in [-0.15, -0.1) is 0 Å². The fourth-order valence-electron chi connectivity index (χ4n) is 1.62. The van der Waals surface area contributed by atoms with E-state index in [0.29, 0.717) is 21.6 Å². The Kier molecular flexibility index (Phi) is 4.92. The number of nitrogens with zero attached hydrogens (tertiary/aromatic N) is 1. The predicted molar refractivity (Wildman–Crippen MR) is 84.5 cm³/mol. The van der Waals surface area contributed by atoms with E-state index >= 15 is 0 Å². The molecule has 0 radical (unpaired) electrons. The summed E-state index contributed by atoms with van der Waals surface area (Å²) in [5.41, 5.74) is 1.57. The highest BCUT2D eigenvalue weighted by Gasteiger charge is 2.18. The Morgan fingerprint density at radius 2 is 2.05 bits per heavy atom. The Bertz CT molecular complexity index is 688. The van der Waals surface area contributed by atoms with E-state index in [1.807, 2.05) is 13.0 Å². The summed E-state index contributed by atoms with van der Waals surface area (Å²) in [4.78, 5) is 15.8. The average Bonchev–Trinajstić information content (AvgIpc) is 2.82. The number of methoxy groups -OCH3 is 2. The molecule has 21 heavy (non-hydrogen) atoms. The third-order valence-corrected chi connectivity index (χ3v) is 4.42. The number of esters is 1. The maximum Gasteiger partial charge on any atom is 0.351 e. The van der Waals surface area contributed by atoms with Gasteiger partial charge in [0, 0.05) is 11.1 Å². The molecule has 1 aromatic carbocycles. The maximum atomic E-state index is 11.5. The van der Waals surface area contributed by atoms with Gasteiger partial charge in [0.1, 0.15) is 5.75 Å². The van der Waals surface area contributed by atoms with E-state index in [1.54, 1.807) is 13.2 Å². The van der Waals surface area contributed by atoms with Crippen LogP contribution in [0.5, 0.6) is 5.75 Å². The first-order valence-corrected chi connectivity index (χ1v) is 7.39. The lowest BCUT2D eigenvalue weighted by molar-refractivity contribution is 0.0606. The average molecular weight is 347 g/mol. The van der Waals surface area contributed by atoms with Crippen LogP contribution in [0.2, 0.25) is 10.2 Å². The fourth-order valence-corrected chi connectivity index (χ4v) is 2.89. The number of halogens is 2. The van der Waals surface area contributed by atoms with Crippen molar-refractivity contribution in [1.29, 1.82) is 0 Å². The largest absolute Gasteiger partial charge is 0.495 e. The van der Waals surface area contributed by atoms with Crippen molar-refractivity contribution < 1.29 is 14.3 Å². The van der Waals surface area contributed by atoms with Crippen LogP contribution in [0.25, 0.3) is 0 Å². The molecule has 2 rings (SSSR count). The SMILES string of the molecule is COC(=O)c1sc(Nc2cc(C)c(Cl)cc2OC)nc1Cl. The van der Waals surface area contributed by atoms with Gasteiger partial charge in [-0.3, -0.25) is 0 Å². The number of aryl methyl sites for hydroxylation is 1. The second-order valence-corrected chi connectivity index (χ2v) is 5.82. The molecule has 2 aromatic rings. The molecule has 112 valence electrons. The van der Waals surface area contributed by atoms with Gasteiger partial charge in [0.2, 0.25) is 0 Å². The zero-order valence-corrected chi connectivity index (χ0v) is 13.8. The second-order valence-electron chi connectivity index (χ2n) is 4.06. The molecule has 0 saturated heterocycles. The third kappa shape index (κ3) is 3.40. The highest BCUT2D eigenvalue weighted by atomic mass is 35.5. The third-order valence-electron chi connectivity index (χ3n) is 2.68. The monoisotopic (exact) mass is 346 g/mol. The highest BCUT2D eigenvalue weighted by Crippen LogP contribution is 2.35. The van der Waals surface area contributed by atoms with Crippen LogP contribution in [0.15, 0.2) is 12.1 Å². The van der Waals surface area contributed by atoms with Gasteiger partial charge in [-0.2, -0.15) is 0 Å². The van der Waals surface area contributed by atoms with Gasteiger partial charge in [0.05, 0.1) is 19.9 Å². The maximum absolute atomic E-state index is 11.5. The number of rotatable bonds is 4. The van der Waals surface area contributed by atoms with E-state index in [4.69, 9.17) is 27.9 Å². The first kappa shape index (κ1) is 15.9. The number of thiazole rings is 1. The Hall–Kier alpha value is -1.50. The van der Waals surface area contributed by atoms with Crippen LogP contribution in [0.1, 0.15) is 15.2 Å². The Morgan fingerprint density at radius 1 is 1.33 bits per heavy atom. The van der Waals surface area contributed by atoms with Crippen molar-refractivity contribution >= 4 is 51.3 Å². The van der Waals surface area contributed by atoms with Crippen molar-refractivity contribution in [2.75, 3.05) is 19.5 Å². The molecule has 0 saturated carbocycles. The number of benzene rings is 1. The summed E-state index contributed by atoms with van der Waals surface area (Å²) in [5.74, 6) is 0.0429. The molecule has 1 N–H and O–H groups in total. The van der Waals surface area contributed by atoms with E-state index in [9.17, 15) is 4.79 Å². The van der Waals surface area contributed by atoms with Crippen molar-refractivity contribution in [3.05, 3.63) is 32.7 Å². The number of anilines is 2. The molecular weight excluding hydrogens is 335 g/mol. The van der Waals surface area contributed by atoms with Crippen LogP contribution < -0.4 is 10.1 Å². The molecule has 0 fully saturated rings. The normalized spacial score (nSPS) is 10.3. The Morgan fingerprint density at radius 3 is 2.67 bits per heavy atom. The van der Waals surface area contributed by atoms with E-state index in [-0.39, 0.29) is 10.0 Å². The lowest BCUT2D eigenvalue weighted by Crippen LogP contribution is -1.98. The van der Waals surface area contributed by atoms with Crippen molar-refractivity contribution in [1.82, 2.24) is 4.98 Å². The molecule has 8 heteroatoms. The summed E-state index contributed by atoms with van der Waals surface area (Å²) in [5, 5.41) is 4.22. The minimum absolute atomic E-state index is 0.0963. The Balaban J connectivity index is 2.34. The van der Waals surface area contributed by atoms with Gasteiger partial charge in [0.15, 0.2) is 15.2 Å². The van der Waals surface area contributed by atoms with Crippen LogP contribution in [0, 0.1) is 6.92 Å². The number of hydrogen-bond acceptors (Lipinski definition) is 6. The van der Waals surface area contributed by atoms with Gasteiger partial charge in [0.25, 0.3) is 0 Å². The predicted octanol–water partition coefficient (Wildman–Crippen LogP) is 4.30. The number of carbonyl (C=O) groups excluding carboxylic acids is 1. The lowest BCUT2D eigenvalue weighted by Gasteiger charge is -2.11. The molecule has 0 unspecified atom stereocenters. The molecule has 1 aromatic heterocycles. The topological polar surface area (TPSA) is 60.5 Å². The molecule has 0 aliphatic heterocycles. The summed E-state index contributed by atoms with van der Waals surface area (Å²) >= 11 is 13.1. The molecule has 0 aliphatic rings. The molecule has 0 spiro atoms. The zero-order valence-electron chi connectivity index (χ0n) is 11.5. The zero-order chi connectivity index (χ0) is 15.6. The van der Waals surface area contributed by atoms with Crippen LogP contribution in [0.4, 0.5) is 10.8 Å². The van der Waals surface area contributed by atoms with Gasteiger partial charge in [-0.05, 0) is 18.6 Å². The van der Waals surface area contributed by atoms with Crippen molar-refractivity contribution in [3.63, 3.8) is 0 Å². The van der Waals surface area contributed by atoms with Crippen LogP contribution >= 0.6 is 34.5 Å². The fraction of sp³-hybridized carbons (Fsp3) is 0.231. The lowest BCUT2D eigenvalue weighted by atomic mass is 10.2. The van der Waals surface area contributed by atoms with E-state index in [0.717, 1.165) is 16.9 Å². The van der Waals surface area contributed by atoms with Gasteiger partial charge in [-0.25, -0.2) is 9.78 Å². The molecule has 5 nitrogen and oxygen atoms in total. The smallest absolute Gasteiger partial charge is 0.351 e. The standard InChI is InChI=1S/C13H12Cl2N2O3S/c1-6-4-8(9(19-2)5-7(6)14)16-13-17-11(15)10(21-13)12(18)20-3/h4-5H,1-3H3,(H,16,17). The molecule has 1 heterocycles. The minimum Gasteiger partial charge on any atom is -0.495 e. The quantitative estimate of drug-likeness (QED) is 0.836. The van der Waals surface area contributed by atoms with E-state index in [1.165, 1.54) is 7.11 Å². The highest BCUT2D eigenvalue weighted by molar-refractivity contribution is 7.18. The summed E-state index contributed by atoms with van der Waals surface area (Å²) < 4.78 is 9.90. The summed E-state index contributed by atoms with van der Waals surface area (Å²) in [6, 6.07) is 3.53. The molecular formula is C13H12Cl2N2O3S. The Labute approximate surface area is 135 Å². The van der Waals surface area contributed by atoms with Crippen LogP contribution in [-0.2, 0) is 4.74 Å². The van der Waals surface area contributed by atoms with Crippen molar-refractivity contribution in [2.24, 2.45) is 0 Å². The first-order chi connectivity index (χ1) is 9.96. The van der Waals surface area contributed by atoms with Gasteiger partial charge >= 0.3 is 5.97 Å². The summed E-state index contributed by atoms with van der Waals surface area (Å²) in [7, 11) is 2.83. The van der Waals surface area contributed by atoms with Crippen LogP contribution in [-0.4, -0.2) is 25.2 Å². The number of nitrogens with one attached hydrogen (secondary N) is 1. The minimum atomic E-state index is -0.523. The van der Waals surface area contributed by atoms with Crippen molar-refractivity contribution in [3.8, 4) is 5.75 Å². The van der Waals surface area contributed by atoms with Gasteiger partial charge < -0.3 is 14.8 Å². The molecule has 0 aliphatic carbocycles. The summed E-state index contributed by atoms with van der Waals surface area (Å²) in [6.07, 6.45) is 0. The summed E-state index contributed by atoms with van der Waals surface area (Å²) in [6.45, 7) is 1.88. The second kappa shape index (κ2) is 6.51. The number of hydrogen-bond donors (Lipinski definition) is 1. The molecule has 0 bridgehead atoms. The van der Waals surface area contributed by atoms with Gasteiger partial charge in [-0.1, -0.05) is 34.5 Å². The van der Waals surface area contributed by atoms with Crippen LogP contribution in [0.3, 0.4) is 0 Å². The van der Waals surface area contributed by atoms with Crippen molar-refractivity contribution in [2.45, 2.75) is 6.92 Å². The number of aromatic nitrogens is 1.